The van der Waals surface area contributed by atoms with E-state index >= 15 is 0 Å². The molecule has 12 heavy (non-hydrogen) atoms. The number of aryl methyl sites for hydroxylation is 1. The molecule has 0 aromatic heterocycles. The van der Waals surface area contributed by atoms with Gasteiger partial charge in [-0.3, -0.25) is 0 Å². The van der Waals surface area contributed by atoms with Crippen LogP contribution in [-0.2, 0) is 6.42 Å². The third-order valence-electron chi connectivity index (χ3n) is 2.31. The van der Waals surface area contributed by atoms with Gasteiger partial charge in [0, 0.05) is 6.04 Å². The Morgan fingerprint density at radius 1 is 1.50 bits per heavy atom. The third kappa shape index (κ3) is 1.11. The van der Waals surface area contributed by atoms with Crippen molar-refractivity contribution in [1.29, 1.82) is 0 Å². The van der Waals surface area contributed by atoms with E-state index in [1.807, 2.05) is 0 Å². The van der Waals surface area contributed by atoms with Gasteiger partial charge in [-0.05, 0) is 36.1 Å². The molecule has 0 saturated heterocycles. The van der Waals surface area contributed by atoms with Gasteiger partial charge in [0.1, 0.15) is 5.82 Å². The van der Waals surface area contributed by atoms with Crippen LogP contribution in [0.3, 0.4) is 0 Å². The Hall–Kier alpha value is -0.600. The maximum absolute atomic E-state index is 13.0. The highest BCUT2D eigenvalue weighted by molar-refractivity contribution is 6.30. The number of halogens is 2. The first-order valence-corrected chi connectivity index (χ1v) is 4.29. The van der Waals surface area contributed by atoms with Crippen molar-refractivity contribution in [3.05, 3.63) is 34.1 Å². The van der Waals surface area contributed by atoms with Crippen molar-refractivity contribution < 1.29 is 4.39 Å². The Bertz CT molecular complexity index is 325. The standard InChI is InChI=1S/C9H9ClFN/c10-7-3-5-1-2-9(12)6(5)4-8(7)11/h3-4,9H,1-2,12H2/t9-/m1/s1. The van der Waals surface area contributed by atoms with Crippen molar-refractivity contribution in [2.75, 3.05) is 0 Å². The van der Waals surface area contributed by atoms with E-state index < -0.39 is 0 Å². The summed E-state index contributed by atoms with van der Waals surface area (Å²) in [5.74, 6) is -0.368. The second-order valence-electron chi connectivity index (χ2n) is 3.11. The molecule has 0 aliphatic heterocycles. The van der Waals surface area contributed by atoms with Crippen molar-refractivity contribution in [2.45, 2.75) is 18.9 Å². The fraction of sp³-hybridized carbons (Fsp3) is 0.333. The predicted molar refractivity (Wildman–Crippen MR) is 46.7 cm³/mol. The lowest BCUT2D eigenvalue weighted by Gasteiger charge is -2.04. The number of hydrogen-bond donors (Lipinski definition) is 1. The number of fused-ring (bicyclic) bond motifs is 1. The zero-order chi connectivity index (χ0) is 8.72. The van der Waals surface area contributed by atoms with E-state index in [4.69, 9.17) is 17.3 Å². The Morgan fingerprint density at radius 3 is 3.00 bits per heavy atom. The molecule has 0 saturated carbocycles. The van der Waals surface area contributed by atoms with Crippen LogP contribution in [0, 0.1) is 5.82 Å². The van der Waals surface area contributed by atoms with E-state index in [-0.39, 0.29) is 16.9 Å². The first kappa shape index (κ1) is 8.02. The van der Waals surface area contributed by atoms with E-state index in [1.54, 1.807) is 6.07 Å². The minimum atomic E-state index is -0.368. The summed E-state index contributed by atoms with van der Waals surface area (Å²) in [6, 6.07) is 3.13. The fourth-order valence-corrected chi connectivity index (χ4v) is 1.82. The molecule has 0 heterocycles. The second-order valence-corrected chi connectivity index (χ2v) is 3.52. The summed E-state index contributed by atoms with van der Waals surface area (Å²) in [7, 11) is 0. The summed E-state index contributed by atoms with van der Waals surface area (Å²) >= 11 is 5.62. The largest absolute Gasteiger partial charge is 0.324 e. The van der Waals surface area contributed by atoms with Gasteiger partial charge in [-0.2, -0.15) is 0 Å². The maximum Gasteiger partial charge on any atom is 0.142 e. The highest BCUT2D eigenvalue weighted by Crippen LogP contribution is 2.32. The maximum atomic E-state index is 13.0. The summed E-state index contributed by atoms with van der Waals surface area (Å²) in [5.41, 5.74) is 7.76. The van der Waals surface area contributed by atoms with Gasteiger partial charge in [-0.1, -0.05) is 11.6 Å². The zero-order valence-electron chi connectivity index (χ0n) is 6.48. The first-order valence-electron chi connectivity index (χ1n) is 3.92. The van der Waals surface area contributed by atoms with Crippen molar-refractivity contribution in [1.82, 2.24) is 0 Å². The molecule has 2 N–H and O–H groups in total. The average molecular weight is 186 g/mol. The summed E-state index contributed by atoms with van der Waals surface area (Å²) in [6.45, 7) is 0. The summed E-state index contributed by atoms with van der Waals surface area (Å²) in [6.07, 6.45) is 1.81. The molecule has 1 aromatic rings. The van der Waals surface area contributed by atoms with Gasteiger partial charge in [-0.25, -0.2) is 4.39 Å². The molecule has 1 aromatic carbocycles. The SMILES string of the molecule is N[C@@H]1CCc2cc(Cl)c(F)cc21. The van der Waals surface area contributed by atoms with Gasteiger partial charge < -0.3 is 5.73 Å². The smallest absolute Gasteiger partial charge is 0.142 e. The molecule has 0 spiro atoms. The Labute approximate surface area is 75.3 Å². The summed E-state index contributed by atoms with van der Waals surface area (Å²) < 4.78 is 13.0. The lowest BCUT2D eigenvalue weighted by atomic mass is 10.1. The molecule has 0 bridgehead atoms. The molecule has 1 atom stereocenters. The summed E-state index contributed by atoms with van der Waals surface area (Å²) in [5, 5.41) is 0.197. The molecule has 0 unspecified atom stereocenters. The predicted octanol–water partition coefficient (Wildman–Crippen LogP) is 2.43. The molecular weight excluding hydrogens is 177 g/mol. The van der Waals surface area contributed by atoms with Gasteiger partial charge in [0.25, 0.3) is 0 Å². The molecule has 64 valence electrons. The minimum absolute atomic E-state index is 0.00762. The highest BCUT2D eigenvalue weighted by atomic mass is 35.5. The Kier molecular flexibility index (Phi) is 1.81. The van der Waals surface area contributed by atoms with Crippen LogP contribution in [0.25, 0.3) is 0 Å². The van der Waals surface area contributed by atoms with Crippen LogP contribution in [0.5, 0.6) is 0 Å². The number of nitrogens with two attached hydrogens (primary N) is 1. The van der Waals surface area contributed by atoms with Crippen LogP contribution >= 0.6 is 11.6 Å². The van der Waals surface area contributed by atoms with Crippen molar-refractivity contribution in [2.24, 2.45) is 5.73 Å². The van der Waals surface area contributed by atoms with Gasteiger partial charge in [0.05, 0.1) is 5.02 Å². The van der Waals surface area contributed by atoms with Crippen LogP contribution in [0.15, 0.2) is 12.1 Å². The topological polar surface area (TPSA) is 26.0 Å². The lowest BCUT2D eigenvalue weighted by Crippen LogP contribution is -2.05. The number of rotatable bonds is 0. The molecular formula is C9H9ClFN. The van der Waals surface area contributed by atoms with E-state index in [2.05, 4.69) is 0 Å². The quantitative estimate of drug-likeness (QED) is 0.660. The van der Waals surface area contributed by atoms with Crippen LogP contribution in [0.2, 0.25) is 5.02 Å². The van der Waals surface area contributed by atoms with Crippen LogP contribution in [-0.4, -0.2) is 0 Å². The lowest BCUT2D eigenvalue weighted by molar-refractivity contribution is 0.622. The van der Waals surface area contributed by atoms with Gasteiger partial charge in [0.2, 0.25) is 0 Å². The average Bonchev–Trinajstić information content (AvgIpc) is 2.35. The van der Waals surface area contributed by atoms with E-state index in [1.165, 1.54) is 6.07 Å². The minimum Gasteiger partial charge on any atom is -0.324 e. The third-order valence-corrected chi connectivity index (χ3v) is 2.60. The zero-order valence-corrected chi connectivity index (χ0v) is 7.24. The van der Waals surface area contributed by atoms with Crippen LogP contribution in [0.1, 0.15) is 23.6 Å². The second kappa shape index (κ2) is 2.71. The van der Waals surface area contributed by atoms with Gasteiger partial charge in [0.15, 0.2) is 0 Å². The van der Waals surface area contributed by atoms with Crippen molar-refractivity contribution in [3.8, 4) is 0 Å². The number of hydrogen-bond acceptors (Lipinski definition) is 1. The molecule has 1 aliphatic carbocycles. The molecule has 1 aliphatic rings. The van der Waals surface area contributed by atoms with E-state index in [0.717, 1.165) is 24.0 Å². The Balaban J connectivity index is 2.56. The van der Waals surface area contributed by atoms with Crippen molar-refractivity contribution >= 4 is 11.6 Å². The first-order chi connectivity index (χ1) is 5.68. The molecule has 2 rings (SSSR count). The Morgan fingerprint density at radius 2 is 2.25 bits per heavy atom. The van der Waals surface area contributed by atoms with Crippen LogP contribution in [0.4, 0.5) is 4.39 Å². The van der Waals surface area contributed by atoms with Gasteiger partial charge in [-0.15, -0.1) is 0 Å². The summed E-state index contributed by atoms with van der Waals surface area (Å²) in [4.78, 5) is 0. The molecule has 0 fully saturated rings. The monoisotopic (exact) mass is 185 g/mol. The van der Waals surface area contributed by atoms with Gasteiger partial charge >= 0.3 is 0 Å². The molecule has 3 heteroatoms. The fourth-order valence-electron chi connectivity index (χ4n) is 1.63. The van der Waals surface area contributed by atoms with Crippen molar-refractivity contribution in [3.63, 3.8) is 0 Å². The molecule has 0 radical (unpaired) electrons. The normalized spacial score (nSPS) is 21.1. The molecule has 0 amide bonds. The van der Waals surface area contributed by atoms with E-state index in [0.29, 0.717) is 0 Å². The highest BCUT2D eigenvalue weighted by Gasteiger charge is 2.20. The van der Waals surface area contributed by atoms with E-state index in [9.17, 15) is 4.39 Å². The van der Waals surface area contributed by atoms with Crippen LogP contribution < -0.4 is 5.73 Å². The number of benzene rings is 1. The molecule has 1 nitrogen and oxygen atoms in total.